The molecule has 0 spiro atoms. The van der Waals surface area contributed by atoms with Gasteiger partial charge in [0.1, 0.15) is 0 Å². The molecule has 0 aliphatic heterocycles. The molecule has 1 unspecified atom stereocenters. The Labute approximate surface area is 104 Å². The zero-order chi connectivity index (χ0) is 12.0. The normalized spacial score (nSPS) is 19.4. The van der Waals surface area contributed by atoms with Gasteiger partial charge in [-0.1, -0.05) is 32.1 Å². The number of carbonyl (C=O) groups is 1. The van der Waals surface area contributed by atoms with Gasteiger partial charge in [-0.2, -0.15) is 0 Å². The van der Waals surface area contributed by atoms with Crippen LogP contribution >= 0.6 is 11.6 Å². The summed E-state index contributed by atoms with van der Waals surface area (Å²) in [5.41, 5.74) is 0. The van der Waals surface area contributed by atoms with Crippen molar-refractivity contribution in [3.63, 3.8) is 0 Å². The fraction of sp³-hybridized carbons (Fsp3) is 0.923. The number of halogens is 1. The van der Waals surface area contributed by atoms with Crippen molar-refractivity contribution in [2.45, 2.75) is 57.9 Å². The Kier molecular flexibility index (Phi) is 6.18. The van der Waals surface area contributed by atoms with Gasteiger partial charge < -0.3 is 4.90 Å². The molecule has 0 N–H and O–H groups in total. The van der Waals surface area contributed by atoms with Crippen LogP contribution in [-0.2, 0) is 4.79 Å². The highest BCUT2D eigenvalue weighted by Crippen LogP contribution is 2.27. The van der Waals surface area contributed by atoms with Gasteiger partial charge in [-0.15, -0.1) is 11.6 Å². The van der Waals surface area contributed by atoms with E-state index in [1.807, 2.05) is 14.0 Å². The lowest BCUT2D eigenvalue weighted by Gasteiger charge is -2.25. The summed E-state index contributed by atoms with van der Waals surface area (Å²) in [6.07, 6.45) is 8.50. The summed E-state index contributed by atoms with van der Waals surface area (Å²) in [4.78, 5) is 13.6. The van der Waals surface area contributed by atoms with E-state index in [4.69, 9.17) is 11.6 Å². The Morgan fingerprint density at radius 1 is 1.38 bits per heavy atom. The van der Waals surface area contributed by atoms with Crippen LogP contribution in [0.1, 0.15) is 51.9 Å². The molecule has 3 heteroatoms. The van der Waals surface area contributed by atoms with Gasteiger partial charge in [0, 0.05) is 25.4 Å². The lowest BCUT2D eigenvalue weighted by atomic mass is 9.86. The van der Waals surface area contributed by atoms with Crippen molar-refractivity contribution in [2.75, 3.05) is 12.9 Å². The molecule has 0 aromatic rings. The molecule has 0 aromatic carbocycles. The highest BCUT2D eigenvalue weighted by molar-refractivity contribution is 6.18. The molecular weight excluding hydrogens is 222 g/mol. The van der Waals surface area contributed by atoms with Crippen LogP contribution in [0.2, 0.25) is 0 Å². The molecule has 0 heterocycles. The van der Waals surface area contributed by atoms with Crippen LogP contribution in [0.4, 0.5) is 0 Å². The van der Waals surface area contributed by atoms with Gasteiger partial charge in [0.25, 0.3) is 0 Å². The van der Waals surface area contributed by atoms with Gasteiger partial charge in [0.2, 0.25) is 5.91 Å². The van der Waals surface area contributed by atoms with Gasteiger partial charge in [-0.3, -0.25) is 4.79 Å². The zero-order valence-corrected chi connectivity index (χ0v) is 11.3. The summed E-state index contributed by atoms with van der Waals surface area (Å²) < 4.78 is 0. The van der Waals surface area contributed by atoms with Crippen molar-refractivity contribution in [1.29, 1.82) is 0 Å². The number of rotatable bonds is 5. The Morgan fingerprint density at radius 2 is 2.00 bits per heavy atom. The average molecular weight is 246 g/mol. The second kappa shape index (κ2) is 7.16. The third kappa shape index (κ3) is 4.32. The maximum Gasteiger partial charge on any atom is 0.222 e. The lowest BCUT2D eigenvalue weighted by molar-refractivity contribution is -0.131. The summed E-state index contributed by atoms with van der Waals surface area (Å²) in [6, 6.07) is 0.153. The first kappa shape index (κ1) is 13.8. The monoisotopic (exact) mass is 245 g/mol. The summed E-state index contributed by atoms with van der Waals surface area (Å²) in [5, 5.41) is 0. The first-order chi connectivity index (χ1) is 7.65. The average Bonchev–Trinajstić information content (AvgIpc) is 2.35. The van der Waals surface area contributed by atoms with E-state index in [0.29, 0.717) is 12.3 Å². The zero-order valence-electron chi connectivity index (χ0n) is 10.5. The molecule has 94 valence electrons. The summed E-state index contributed by atoms with van der Waals surface area (Å²) in [7, 11) is 1.86. The van der Waals surface area contributed by atoms with E-state index in [9.17, 15) is 4.79 Å². The predicted molar refractivity (Wildman–Crippen MR) is 68.8 cm³/mol. The van der Waals surface area contributed by atoms with Crippen LogP contribution in [0.5, 0.6) is 0 Å². The van der Waals surface area contributed by atoms with E-state index in [1.54, 1.807) is 4.90 Å². The minimum Gasteiger partial charge on any atom is -0.342 e. The van der Waals surface area contributed by atoms with Crippen LogP contribution in [0.25, 0.3) is 0 Å². The third-order valence-corrected chi connectivity index (χ3v) is 4.22. The predicted octanol–water partition coefficient (Wildman–Crippen LogP) is 3.43. The fourth-order valence-electron chi connectivity index (χ4n) is 2.33. The quantitative estimate of drug-likeness (QED) is 0.680. The van der Waals surface area contributed by atoms with Crippen molar-refractivity contribution in [3.05, 3.63) is 0 Å². The van der Waals surface area contributed by atoms with Crippen molar-refractivity contribution in [1.82, 2.24) is 4.90 Å². The van der Waals surface area contributed by atoms with Crippen molar-refractivity contribution < 1.29 is 4.79 Å². The van der Waals surface area contributed by atoms with Crippen molar-refractivity contribution >= 4 is 17.5 Å². The van der Waals surface area contributed by atoms with E-state index in [0.717, 1.165) is 12.3 Å². The summed E-state index contributed by atoms with van der Waals surface area (Å²) in [6.45, 7) is 1.99. The maximum atomic E-state index is 11.9. The Bertz CT molecular complexity index is 214. The minimum atomic E-state index is 0.153. The van der Waals surface area contributed by atoms with Crippen molar-refractivity contribution in [3.8, 4) is 0 Å². The topological polar surface area (TPSA) is 20.3 Å². The molecule has 2 nitrogen and oxygen atoms in total. The van der Waals surface area contributed by atoms with E-state index < -0.39 is 0 Å². The standard InChI is InChI=1S/C13H24ClNO/c1-11(10-14)15(2)13(16)9-8-12-6-4-3-5-7-12/h11-12H,3-10H2,1-2H3. The molecule has 0 bridgehead atoms. The third-order valence-electron chi connectivity index (χ3n) is 3.77. The molecule has 1 aliphatic carbocycles. The van der Waals surface area contributed by atoms with E-state index in [-0.39, 0.29) is 11.9 Å². The highest BCUT2D eigenvalue weighted by Gasteiger charge is 2.18. The maximum absolute atomic E-state index is 11.9. The molecule has 1 fully saturated rings. The number of hydrogen-bond acceptors (Lipinski definition) is 1. The lowest BCUT2D eigenvalue weighted by Crippen LogP contribution is -2.36. The number of alkyl halides is 1. The Balaban J connectivity index is 2.23. The second-order valence-corrected chi connectivity index (χ2v) is 5.36. The molecule has 16 heavy (non-hydrogen) atoms. The van der Waals surface area contributed by atoms with Gasteiger partial charge in [-0.25, -0.2) is 0 Å². The Hall–Kier alpha value is -0.240. The van der Waals surface area contributed by atoms with Gasteiger partial charge >= 0.3 is 0 Å². The van der Waals surface area contributed by atoms with Gasteiger partial charge in [0.15, 0.2) is 0 Å². The molecule has 0 saturated heterocycles. The number of amides is 1. The SMILES string of the molecule is CC(CCl)N(C)C(=O)CCC1CCCCC1. The van der Waals surface area contributed by atoms with Crippen molar-refractivity contribution in [2.24, 2.45) is 5.92 Å². The smallest absolute Gasteiger partial charge is 0.222 e. The molecular formula is C13H24ClNO. The van der Waals surface area contributed by atoms with Gasteiger partial charge in [-0.05, 0) is 19.3 Å². The van der Waals surface area contributed by atoms with Crippen LogP contribution in [0.3, 0.4) is 0 Å². The number of carbonyl (C=O) groups excluding carboxylic acids is 1. The molecule has 1 amide bonds. The molecule has 1 saturated carbocycles. The second-order valence-electron chi connectivity index (χ2n) is 5.05. The first-order valence-electron chi connectivity index (χ1n) is 6.46. The van der Waals surface area contributed by atoms with E-state index in [2.05, 4.69) is 0 Å². The van der Waals surface area contributed by atoms with E-state index >= 15 is 0 Å². The van der Waals surface area contributed by atoms with Crippen LogP contribution in [0, 0.1) is 5.92 Å². The first-order valence-corrected chi connectivity index (χ1v) is 7.00. The summed E-state index contributed by atoms with van der Waals surface area (Å²) >= 11 is 5.75. The van der Waals surface area contributed by atoms with Gasteiger partial charge in [0.05, 0.1) is 0 Å². The Morgan fingerprint density at radius 3 is 2.56 bits per heavy atom. The molecule has 0 aromatic heterocycles. The largest absolute Gasteiger partial charge is 0.342 e. The molecule has 1 aliphatic rings. The van der Waals surface area contributed by atoms with Crippen LogP contribution in [0.15, 0.2) is 0 Å². The minimum absolute atomic E-state index is 0.153. The van der Waals surface area contributed by atoms with Crippen LogP contribution < -0.4 is 0 Å². The molecule has 0 radical (unpaired) electrons. The van der Waals surface area contributed by atoms with Crippen LogP contribution in [-0.4, -0.2) is 29.8 Å². The fourth-order valence-corrected chi connectivity index (χ4v) is 2.54. The molecule has 1 atom stereocenters. The molecule has 1 rings (SSSR count). The number of hydrogen-bond donors (Lipinski definition) is 0. The summed E-state index contributed by atoms with van der Waals surface area (Å²) in [5.74, 6) is 1.56. The van der Waals surface area contributed by atoms with E-state index in [1.165, 1.54) is 32.1 Å². The number of nitrogens with zero attached hydrogens (tertiary/aromatic N) is 1. The highest BCUT2D eigenvalue weighted by atomic mass is 35.5.